The Morgan fingerprint density at radius 1 is 1.12 bits per heavy atom. The van der Waals surface area contributed by atoms with Gasteiger partial charge in [-0.3, -0.25) is 30.1 Å². The number of fused-ring (bicyclic) bond motifs is 1. The molecule has 2 aromatic rings. The molecular formula is C30H38BrN9O7S. The fourth-order valence-electron chi connectivity index (χ4n) is 4.44. The van der Waals surface area contributed by atoms with Crippen molar-refractivity contribution >= 4 is 81.0 Å². The summed E-state index contributed by atoms with van der Waals surface area (Å²) in [6, 6.07) is 3.58. The molecule has 0 aliphatic carbocycles. The van der Waals surface area contributed by atoms with E-state index in [4.69, 9.17) is 24.4 Å². The van der Waals surface area contributed by atoms with E-state index in [-0.39, 0.29) is 30.4 Å². The first-order valence-electron chi connectivity index (χ1n) is 15.0. The van der Waals surface area contributed by atoms with Gasteiger partial charge in [0.1, 0.15) is 18.2 Å². The van der Waals surface area contributed by atoms with Gasteiger partial charge in [0.2, 0.25) is 5.96 Å². The molecule has 0 unspecified atom stereocenters. The lowest BCUT2D eigenvalue weighted by atomic mass is 10.1. The SMILES string of the molecule is CC(C)(C)NC[C@@H](COC(=N)C(=NS)N1CCOCC1)OC(=O)/C=C\C(=O)OCC(=O)N1CCN=C1Nc1ccc2nccnc2c1Br. The molecule has 1 aromatic heterocycles. The highest BCUT2D eigenvalue weighted by atomic mass is 79.9. The number of aliphatic imine (C=N–C) groups is 1. The second-order valence-electron chi connectivity index (χ2n) is 11.5. The Labute approximate surface area is 291 Å². The van der Waals surface area contributed by atoms with Crippen LogP contribution in [0.25, 0.3) is 11.0 Å². The number of benzene rings is 1. The quantitative estimate of drug-likeness (QED) is 0.0910. The lowest BCUT2D eigenvalue weighted by Crippen LogP contribution is -2.46. The minimum absolute atomic E-state index is 0.158. The summed E-state index contributed by atoms with van der Waals surface area (Å²) >= 11 is 7.50. The fourth-order valence-corrected chi connectivity index (χ4v) is 5.19. The van der Waals surface area contributed by atoms with Gasteiger partial charge < -0.3 is 34.5 Å². The van der Waals surface area contributed by atoms with Gasteiger partial charge in [-0.15, -0.1) is 0 Å². The maximum Gasteiger partial charge on any atom is 0.331 e. The van der Waals surface area contributed by atoms with Gasteiger partial charge in [-0.25, -0.2) is 9.59 Å². The Kier molecular flexibility index (Phi) is 13.2. The Hall–Kier alpha value is -4.13. The Morgan fingerprint density at radius 3 is 2.58 bits per heavy atom. The third-order valence-electron chi connectivity index (χ3n) is 6.83. The van der Waals surface area contributed by atoms with Crippen LogP contribution >= 0.6 is 28.7 Å². The summed E-state index contributed by atoms with van der Waals surface area (Å²) < 4.78 is 26.1. The number of guanidine groups is 1. The van der Waals surface area contributed by atoms with E-state index in [0.29, 0.717) is 66.5 Å². The number of halogens is 1. The number of morpholine rings is 1. The molecule has 1 atom stereocenters. The lowest BCUT2D eigenvalue weighted by Gasteiger charge is -2.30. The maximum atomic E-state index is 12.9. The fraction of sp³-hybridized carbons (Fsp3) is 0.467. The van der Waals surface area contributed by atoms with Crippen molar-refractivity contribution in [3.8, 4) is 0 Å². The van der Waals surface area contributed by atoms with Crippen LogP contribution < -0.4 is 10.6 Å². The lowest BCUT2D eigenvalue weighted by molar-refractivity contribution is -0.147. The van der Waals surface area contributed by atoms with Gasteiger partial charge in [-0.2, -0.15) is 4.40 Å². The van der Waals surface area contributed by atoms with Crippen LogP contribution in [-0.4, -0.2) is 126 Å². The van der Waals surface area contributed by atoms with Crippen LogP contribution in [0, 0.1) is 5.41 Å². The van der Waals surface area contributed by atoms with Gasteiger partial charge >= 0.3 is 11.9 Å². The van der Waals surface area contributed by atoms with Crippen molar-refractivity contribution < 1.29 is 33.3 Å². The smallest absolute Gasteiger partial charge is 0.331 e. The van der Waals surface area contributed by atoms with E-state index in [1.165, 1.54) is 4.90 Å². The first-order chi connectivity index (χ1) is 22.9. The molecule has 0 bridgehead atoms. The minimum Gasteiger partial charge on any atom is -0.471 e. The van der Waals surface area contributed by atoms with Crippen LogP contribution in [0.1, 0.15) is 20.8 Å². The third kappa shape index (κ3) is 10.7. The van der Waals surface area contributed by atoms with Gasteiger partial charge in [-0.1, -0.05) is 0 Å². The van der Waals surface area contributed by atoms with E-state index in [1.807, 2.05) is 25.7 Å². The first-order valence-corrected chi connectivity index (χ1v) is 16.2. The standard InChI is InChI=1S/C30H38BrN9O7S/c1-30(2,3)36-16-19(17-46-27(32)28(38-48)39-12-14-44-15-13-39)47-24(43)7-6-23(42)45-18-22(41)40-11-10-35-29(40)37-20-4-5-21-26(25(20)31)34-9-8-33-21/h4-9,19,32,36,48H,10-18H2,1-3H3,(H,35,37)/b7-6-,32-27?,38-28?/t19-/m0/s1. The van der Waals surface area contributed by atoms with Crippen molar-refractivity contribution in [2.75, 3.05) is 64.5 Å². The zero-order chi connectivity index (χ0) is 34.7. The highest BCUT2D eigenvalue weighted by Crippen LogP contribution is 2.29. The zero-order valence-electron chi connectivity index (χ0n) is 26.8. The highest BCUT2D eigenvalue weighted by Gasteiger charge is 2.26. The van der Waals surface area contributed by atoms with Crippen LogP contribution in [0.4, 0.5) is 5.69 Å². The molecule has 1 fully saturated rings. The minimum atomic E-state index is -0.913. The first kappa shape index (κ1) is 36.7. The second-order valence-corrected chi connectivity index (χ2v) is 12.5. The number of rotatable bonds is 10. The summed E-state index contributed by atoms with van der Waals surface area (Å²) in [4.78, 5) is 54.0. The Morgan fingerprint density at radius 2 is 1.85 bits per heavy atom. The molecule has 2 aliphatic heterocycles. The largest absolute Gasteiger partial charge is 0.471 e. The number of amides is 1. The number of thiol groups is 1. The summed E-state index contributed by atoms with van der Waals surface area (Å²) in [5.74, 6) is -1.95. The molecule has 1 saturated heterocycles. The molecule has 16 nitrogen and oxygen atoms in total. The number of anilines is 1. The molecule has 3 N–H and O–H groups in total. The number of hydrogen-bond donors (Lipinski definition) is 4. The summed E-state index contributed by atoms with van der Waals surface area (Å²) in [6.07, 6.45) is 4.14. The summed E-state index contributed by atoms with van der Waals surface area (Å²) in [5.41, 5.74) is 1.67. The average molecular weight is 749 g/mol. The molecule has 48 heavy (non-hydrogen) atoms. The van der Waals surface area contributed by atoms with Crippen LogP contribution in [0.5, 0.6) is 0 Å². The van der Waals surface area contributed by atoms with E-state index in [2.05, 4.69) is 58.7 Å². The van der Waals surface area contributed by atoms with Crippen LogP contribution in [-0.2, 0) is 33.3 Å². The molecule has 258 valence electrons. The molecule has 0 spiro atoms. The van der Waals surface area contributed by atoms with Crippen molar-refractivity contribution in [1.82, 2.24) is 25.1 Å². The monoisotopic (exact) mass is 747 g/mol. The van der Waals surface area contributed by atoms with Crippen molar-refractivity contribution in [1.29, 1.82) is 5.41 Å². The maximum absolute atomic E-state index is 12.9. The number of nitrogens with one attached hydrogen (secondary N) is 3. The normalized spacial score (nSPS) is 16.1. The molecule has 1 aromatic carbocycles. The molecule has 0 saturated carbocycles. The van der Waals surface area contributed by atoms with Crippen LogP contribution in [0.2, 0.25) is 0 Å². The number of carbonyl (C=O) groups is 3. The zero-order valence-corrected chi connectivity index (χ0v) is 29.3. The molecule has 0 radical (unpaired) electrons. The summed E-state index contributed by atoms with van der Waals surface area (Å²) in [6.45, 7) is 8.01. The molecule has 3 heterocycles. The van der Waals surface area contributed by atoms with E-state index in [0.717, 1.165) is 12.2 Å². The number of amidine groups is 1. The highest BCUT2D eigenvalue weighted by molar-refractivity contribution is 9.10. The van der Waals surface area contributed by atoms with Gasteiger partial charge in [-0.05, 0) is 61.6 Å². The van der Waals surface area contributed by atoms with Crippen molar-refractivity contribution in [2.45, 2.75) is 32.4 Å². The van der Waals surface area contributed by atoms with E-state index in [9.17, 15) is 14.4 Å². The third-order valence-corrected chi connectivity index (χ3v) is 7.82. The summed E-state index contributed by atoms with van der Waals surface area (Å²) in [5, 5.41) is 14.7. The van der Waals surface area contributed by atoms with Gasteiger partial charge in [0.25, 0.3) is 11.8 Å². The average Bonchev–Trinajstić information content (AvgIpc) is 3.54. The summed E-state index contributed by atoms with van der Waals surface area (Å²) in [7, 11) is 0. The Balaban J connectivity index is 1.27. The number of hydrogen-bond acceptors (Lipinski definition) is 15. The van der Waals surface area contributed by atoms with Crippen LogP contribution in [0.15, 0.2) is 50.5 Å². The van der Waals surface area contributed by atoms with Crippen LogP contribution in [0.3, 0.4) is 0 Å². The molecule has 18 heteroatoms. The molecule has 1 amide bonds. The van der Waals surface area contributed by atoms with Crippen molar-refractivity contribution in [2.24, 2.45) is 9.39 Å². The predicted molar refractivity (Wildman–Crippen MR) is 185 cm³/mol. The topological polar surface area (TPSA) is 193 Å². The van der Waals surface area contributed by atoms with Crippen molar-refractivity contribution in [3.05, 3.63) is 41.2 Å². The Bertz CT molecular complexity index is 1590. The van der Waals surface area contributed by atoms with E-state index >= 15 is 0 Å². The predicted octanol–water partition coefficient (Wildman–Crippen LogP) is 1.97. The number of esters is 2. The number of nitrogens with zero attached hydrogens (tertiary/aromatic N) is 6. The van der Waals surface area contributed by atoms with E-state index in [1.54, 1.807) is 24.5 Å². The number of ether oxygens (including phenoxy) is 4. The van der Waals surface area contributed by atoms with Gasteiger partial charge in [0, 0.05) is 56.3 Å². The molecule has 2 aliphatic rings. The molecule has 4 rings (SSSR count). The molecular weight excluding hydrogens is 710 g/mol. The number of aromatic nitrogens is 2. The van der Waals surface area contributed by atoms with E-state index < -0.39 is 30.6 Å². The van der Waals surface area contributed by atoms with Gasteiger partial charge in [0.15, 0.2) is 12.4 Å². The second kappa shape index (κ2) is 17.3. The van der Waals surface area contributed by atoms with Gasteiger partial charge in [0.05, 0.1) is 35.4 Å². The number of carbonyl (C=O) groups excluding carboxylic acids is 3. The van der Waals surface area contributed by atoms with Crippen molar-refractivity contribution in [3.63, 3.8) is 0 Å².